The van der Waals surface area contributed by atoms with Crippen molar-refractivity contribution in [1.29, 1.82) is 0 Å². The molecule has 0 fully saturated rings. The average molecular weight is 247 g/mol. The topological polar surface area (TPSA) is 40.5 Å². The second kappa shape index (κ2) is 4.75. The SMILES string of the molecule is CN(C)C(C(=O)O)c1ccccc1C(F)(F)F. The van der Waals surface area contributed by atoms with Crippen LogP contribution in [-0.2, 0) is 11.0 Å². The maximum Gasteiger partial charge on any atom is 0.416 e. The third-order valence-electron chi connectivity index (χ3n) is 2.31. The van der Waals surface area contributed by atoms with Gasteiger partial charge in [0.1, 0.15) is 6.04 Å². The quantitative estimate of drug-likeness (QED) is 0.891. The molecule has 1 atom stereocenters. The minimum atomic E-state index is -4.56. The van der Waals surface area contributed by atoms with Gasteiger partial charge in [-0.3, -0.25) is 9.69 Å². The average Bonchev–Trinajstić information content (AvgIpc) is 2.15. The van der Waals surface area contributed by atoms with E-state index in [1.165, 1.54) is 37.2 Å². The molecule has 6 heteroatoms. The fourth-order valence-electron chi connectivity index (χ4n) is 1.63. The lowest BCUT2D eigenvalue weighted by atomic mass is 9.99. The summed E-state index contributed by atoms with van der Waals surface area (Å²) in [6.07, 6.45) is -4.56. The first-order valence-electron chi connectivity index (χ1n) is 4.80. The second-order valence-electron chi connectivity index (χ2n) is 3.79. The van der Waals surface area contributed by atoms with E-state index in [0.717, 1.165) is 6.07 Å². The molecule has 0 aliphatic rings. The number of hydrogen-bond acceptors (Lipinski definition) is 2. The van der Waals surface area contributed by atoms with Crippen LogP contribution in [0.1, 0.15) is 17.2 Å². The zero-order valence-corrected chi connectivity index (χ0v) is 9.32. The molecule has 0 heterocycles. The molecule has 0 aliphatic heterocycles. The van der Waals surface area contributed by atoms with Crippen molar-refractivity contribution in [2.24, 2.45) is 0 Å². The van der Waals surface area contributed by atoms with Crippen LogP contribution in [0.2, 0.25) is 0 Å². The summed E-state index contributed by atoms with van der Waals surface area (Å²) in [7, 11) is 2.85. The van der Waals surface area contributed by atoms with Crippen LogP contribution in [0.25, 0.3) is 0 Å². The van der Waals surface area contributed by atoms with Gasteiger partial charge in [-0.1, -0.05) is 18.2 Å². The van der Waals surface area contributed by atoms with Crippen LogP contribution < -0.4 is 0 Å². The zero-order valence-electron chi connectivity index (χ0n) is 9.32. The first kappa shape index (κ1) is 13.5. The molecule has 1 unspecified atom stereocenters. The van der Waals surface area contributed by atoms with Crippen LogP contribution in [0.15, 0.2) is 24.3 Å². The third kappa shape index (κ3) is 2.97. The fourth-order valence-corrected chi connectivity index (χ4v) is 1.63. The minimum absolute atomic E-state index is 0.252. The van der Waals surface area contributed by atoms with Crippen molar-refractivity contribution in [3.8, 4) is 0 Å². The lowest BCUT2D eigenvalue weighted by Crippen LogP contribution is -2.29. The predicted molar refractivity (Wildman–Crippen MR) is 55.5 cm³/mol. The Morgan fingerprint density at radius 3 is 2.24 bits per heavy atom. The van der Waals surface area contributed by atoms with Crippen LogP contribution in [0.4, 0.5) is 13.2 Å². The molecule has 17 heavy (non-hydrogen) atoms. The van der Waals surface area contributed by atoms with E-state index in [0.29, 0.717) is 0 Å². The summed E-state index contributed by atoms with van der Waals surface area (Å²) in [6.45, 7) is 0. The Hall–Kier alpha value is -1.56. The molecule has 0 saturated carbocycles. The summed E-state index contributed by atoms with van der Waals surface area (Å²) in [5.41, 5.74) is -1.17. The Bertz CT molecular complexity index is 415. The number of alkyl halides is 3. The van der Waals surface area contributed by atoms with Crippen LogP contribution in [-0.4, -0.2) is 30.1 Å². The number of carboxylic acids is 1. The molecular weight excluding hydrogens is 235 g/mol. The molecule has 0 amide bonds. The first-order valence-corrected chi connectivity index (χ1v) is 4.80. The standard InChI is InChI=1S/C11H12F3NO2/c1-15(2)9(10(16)17)7-5-3-4-6-8(7)11(12,13)14/h3-6,9H,1-2H3,(H,16,17). The van der Waals surface area contributed by atoms with E-state index in [1.54, 1.807) is 0 Å². The second-order valence-corrected chi connectivity index (χ2v) is 3.79. The zero-order chi connectivity index (χ0) is 13.2. The van der Waals surface area contributed by atoms with Crippen molar-refractivity contribution < 1.29 is 23.1 Å². The van der Waals surface area contributed by atoms with Crippen molar-refractivity contribution in [2.75, 3.05) is 14.1 Å². The van der Waals surface area contributed by atoms with Gasteiger partial charge in [-0.15, -0.1) is 0 Å². The number of carboxylic acid groups (broad SMARTS) is 1. The number of benzene rings is 1. The monoisotopic (exact) mass is 247 g/mol. The first-order chi connectivity index (χ1) is 7.75. The number of hydrogen-bond donors (Lipinski definition) is 1. The van der Waals surface area contributed by atoms with Gasteiger partial charge in [0.25, 0.3) is 0 Å². The summed E-state index contributed by atoms with van der Waals surface area (Å²) >= 11 is 0. The third-order valence-corrected chi connectivity index (χ3v) is 2.31. The normalized spacial score (nSPS) is 13.8. The van der Waals surface area contributed by atoms with Gasteiger partial charge in [0, 0.05) is 0 Å². The van der Waals surface area contributed by atoms with Gasteiger partial charge in [-0.25, -0.2) is 0 Å². The molecule has 0 bridgehead atoms. The van der Waals surface area contributed by atoms with Crippen LogP contribution >= 0.6 is 0 Å². The molecule has 94 valence electrons. The largest absolute Gasteiger partial charge is 0.480 e. The Labute approximate surface area is 96.5 Å². The number of rotatable bonds is 3. The number of carbonyl (C=O) groups is 1. The molecule has 1 aromatic rings. The van der Waals surface area contributed by atoms with Crippen LogP contribution in [0, 0.1) is 0 Å². The van der Waals surface area contributed by atoms with E-state index in [9.17, 15) is 18.0 Å². The molecule has 1 aromatic carbocycles. The molecule has 0 radical (unpaired) electrons. The highest BCUT2D eigenvalue weighted by atomic mass is 19.4. The van der Waals surface area contributed by atoms with E-state index < -0.39 is 23.8 Å². The van der Waals surface area contributed by atoms with Gasteiger partial charge < -0.3 is 5.11 Å². The summed E-state index contributed by atoms with van der Waals surface area (Å²) in [5.74, 6) is -1.31. The van der Waals surface area contributed by atoms with Gasteiger partial charge in [-0.05, 0) is 25.7 Å². The highest BCUT2D eigenvalue weighted by Crippen LogP contribution is 2.35. The van der Waals surface area contributed by atoms with Gasteiger partial charge in [0.05, 0.1) is 5.56 Å². The van der Waals surface area contributed by atoms with E-state index in [-0.39, 0.29) is 5.56 Å². The molecule has 1 rings (SSSR count). The summed E-state index contributed by atoms with van der Waals surface area (Å²) in [5, 5.41) is 8.98. The van der Waals surface area contributed by atoms with E-state index >= 15 is 0 Å². The summed E-state index contributed by atoms with van der Waals surface area (Å²) < 4.78 is 38.2. The maximum atomic E-state index is 12.7. The Morgan fingerprint density at radius 1 is 1.29 bits per heavy atom. The Kier molecular flexibility index (Phi) is 3.77. The summed E-state index contributed by atoms with van der Waals surface area (Å²) in [6, 6.07) is 3.38. The van der Waals surface area contributed by atoms with E-state index in [1.807, 2.05) is 0 Å². The molecule has 3 nitrogen and oxygen atoms in total. The number of halogens is 3. The lowest BCUT2D eigenvalue weighted by Gasteiger charge is -2.23. The molecule has 0 saturated heterocycles. The smallest absolute Gasteiger partial charge is 0.416 e. The number of likely N-dealkylation sites (N-methyl/N-ethyl adjacent to an activating group) is 1. The highest BCUT2D eigenvalue weighted by molar-refractivity contribution is 5.76. The number of nitrogens with zero attached hydrogens (tertiary/aromatic N) is 1. The van der Waals surface area contributed by atoms with Crippen molar-refractivity contribution in [3.63, 3.8) is 0 Å². The Balaban J connectivity index is 3.34. The predicted octanol–water partition coefficient (Wildman–Crippen LogP) is 2.39. The minimum Gasteiger partial charge on any atom is -0.480 e. The molecular formula is C11H12F3NO2. The molecule has 0 spiro atoms. The Morgan fingerprint density at radius 2 is 1.82 bits per heavy atom. The van der Waals surface area contributed by atoms with Crippen molar-refractivity contribution in [3.05, 3.63) is 35.4 Å². The lowest BCUT2D eigenvalue weighted by molar-refractivity contribution is -0.144. The van der Waals surface area contributed by atoms with Crippen molar-refractivity contribution in [1.82, 2.24) is 4.90 Å². The van der Waals surface area contributed by atoms with Gasteiger partial charge in [-0.2, -0.15) is 13.2 Å². The highest BCUT2D eigenvalue weighted by Gasteiger charge is 2.37. The number of aliphatic carboxylic acids is 1. The van der Waals surface area contributed by atoms with Crippen molar-refractivity contribution >= 4 is 5.97 Å². The molecule has 1 N–H and O–H groups in total. The van der Waals surface area contributed by atoms with E-state index in [4.69, 9.17) is 5.11 Å². The van der Waals surface area contributed by atoms with Gasteiger partial charge in [0.2, 0.25) is 0 Å². The fraction of sp³-hybridized carbons (Fsp3) is 0.364. The van der Waals surface area contributed by atoms with Crippen LogP contribution in [0.5, 0.6) is 0 Å². The van der Waals surface area contributed by atoms with E-state index in [2.05, 4.69) is 0 Å². The van der Waals surface area contributed by atoms with Gasteiger partial charge in [0.15, 0.2) is 0 Å². The maximum absolute atomic E-state index is 12.7. The van der Waals surface area contributed by atoms with Crippen molar-refractivity contribution in [2.45, 2.75) is 12.2 Å². The summed E-state index contributed by atoms with van der Waals surface area (Å²) in [4.78, 5) is 12.2. The van der Waals surface area contributed by atoms with Crippen LogP contribution in [0.3, 0.4) is 0 Å². The molecule has 0 aliphatic carbocycles. The molecule has 0 aromatic heterocycles. The van der Waals surface area contributed by atoms with Gasteiger partial charge >= 0.3 is 12.1 Å².